The highest BCUT2D eigenvalue weighted by Crippen LogP contribution is 2.25. The first-order chi connectivity index (χ1) is 14.6. The van der Waals surface area contributed by atoms with E-state index in [1.54, 1.807) is 51.1 Å². The number of nitrogens with one attached hydrogen (secondary N) is 1. The molecule has 2 rings (SSSR count). The number of amides is 1. The summed E-state index contributed by atoms with van der Waals surface area (Å²) in [5.74, 6) is -1.31. The van der Waals surface area contributed by atoms with Gasteiger partial charge in [-0.3, -0.25) is 4.79 Å². The Morgan fingerprint density at radius 1 is 1.13 bits per heavy atom. The largest absolute Gasteiger partial charge is 0.452 e. The second kappa shape index (κ2) is 11.0. The van der Waals surface area contributed by atoms with Gasteiger partial charge in [0.2, 0.25) is 10.0 Å². The van der Waals surface area contributed by atoms with Crippen molar-refractivity contribution in [3.05, 3.63) is 52.5 Å². The first-order valence-corrected chi connectivity index (χ1v) is 12.6. The molecular weight excluding hydrogens is 460 g/mol. The second-order valence-electron chi connectivity index (χ2n) is 6.54. The lowest BCUT2D eigenvalue weighted by Gasteiger charge is -2.20. The highest BCUT2D eigenvalue weighted by molar-refractivity contribution is 7.98. The zero-order valence-electron chi connectivity index (χ0n) is 17.8. The third kappa shape index (κ3) is 6.22. The number of aryl methyl sites for hydroxylation is 1. The average molecular weight is 485 g/mol. The van der Waals surface area contributed by atoms with Crippen LogP contribution in [0.4, 0.5) is 5.69 Å². The topological polar surface area (TPSA) is 92.8 Å². The molecule has 0 radical (unpaired) electrons. The zero-order valence-corrected chi connectivity index (χ0v) is 20.2. The molecule has 2 aromatic rings. The molecule has 0 bridgehead atoms. The molecule has 0 aliphatic heterocycles. The number of thioether (sulfide) groups is 1. The van der Waals surface area contributed by atoms with Gasteiger partial charge in [0.05, 0.1) is 15.5 Å². The lowest BCUT2D eigenvalue weighted by Crippen LogP contribution is -2.31. The molecule has 0 unspecified atom stereocenters. The van der Waals surface area contributed by atoms with Crippen LogP contribution in [-0.2, 0) is 19.6 Å². The quantitative estimate of drug-likeness (QED) is 0.423. The Bertz CT molecular complexity index is 1070. The van der Waals surface area contributed by atoms with Crippen molar-refractivity contribution in [2.45, 2.75) is 30.6 Å². The molecule has 0 fully saturated rings. The molecule has 0 aromatic heterocycles. The molecule has 1 amide bonds. The molecule has 31 heavy (non-hydrogen) atoms. The van der Waals surface area contributed by atoms with Gasteiger partial charge in [0.1, 0.15) is 0 Å². The van der Waals surface area contributed by atoms with E-state index in [4.69, 9.17) is 16.3 Å². The molecular formula is C21H25ClN2O5S2. The Morgan fingerprint density at radius 3 is 2.42 bits per heavy atom. The van der Waals surface area contributed by atoms with Crippen molar-refractivity contribution < 1.29 is 22.7 Å². The number of benzene rings is 2. The van der Waals surface area contributed by atoms with Crippen molar-refractivity contribution in [3.63, 3.8) is 0 Å². The van der Waals surface area contributed by atoms with Crippen LogP contribution < -0.4 is 5.32 Å². The normalized spacial score (nSPS) is 11.4. The van der Waals surface area contributed by atoms with Crippen LogP contribution in [-0.4, -0.2) is 50.6 Å². The predicted molar refractivity (Wildman–Crippen MR) is 123 cm³/mol. The average Bonchev–Trinajstić information content (AvgIpc) is 2.74. The van der Waals surface area contributed by atoms with E-state index < -0.39 is 28.5 Å². The smallest absolute Gasteiger partial charge is 0.340 e. The van der Waals surface area contributed by atoms with Crippen LogP contribution >= 0.6 is 23.4 Å². The number of carbonyl (C=O) groups is 2. The number of halogens is 1. The van der Waals surface area contributed by atoms with Crippen LogP contribution in [0.5, 0.6) is 0 Å². The van der Waals surface area contributed by atoms with Crippen LogP contribution in [0.2, 0.25) is 5.02 Å². The summed E-state index contributed by atoms with van der Waals surface area (Å²) in [5, 5.41) is 2.79. The van der Waals surface area contributed by atoms with Gasteiger partial charge in [-0.05, 0) is 49.1 Å². The number of carbonyl (C=O) groups excluding carboxylic acids is 2. The van der Waals surface area contributed by atoms with Gasteiger partial charge in [0.25, 0.3) is 5.91 Å². The van der Waals surface area contributed by atoms with E-state index in [0.717, 1.165) is 4.90 Å². The maximum atomic E-state index is 12.8. The van der Waals surface area contributed by atoms with Crippen LogP contribution in [0.15, 0.2) is 46.2 Å². The molecule has 0 aliphatic carbocycles. The summed E-state index contributed by atoms with van der Waals surface area (Å²) in [6, 6.07) is 9.58. The van der Waals surface area contributed by atoms with E-state index in [1.165, 1.54) is 22.1 Å². The minimum absolute atomic E-state index is 0.117. The maximum absolute atomic E-state index is 12.8. The number of rotatable bonds is 9. The predicted octanol–water partition coefficient (Wildman–Crippen LogP) is 4.20. The first-order valence-electron chi connectivity index (χ1n) is 9.55. The molecule has 0 saturated carbocycles. The summed E-state index contributed by atoms with van der Waals surface area (Å²) >= 11 is 7.49. The molecule has 1 N–H and O–H groups in total. The fourth-order valence-electron chi connectivity index (χ4n) is 2.85. The van der Waals surface area contributed by atoms with Crippen molar-refractivity contribution in [2.24, 2.45) is 0 Å². The molecule has 0 atom stereocenters. The van der Waals surface area contributed by atoms with E-state index in [1.807, 2.05) is 6.26 Å². The highest BCUT2D eigenvalue weighted by Gasteiger charge is 2.24. The number of hydrogen-bond donors (Lipinski definition) is 1. The fraction of sp³-hybridized carbons (Fsp3) is 0.333. The third-order valence-electron chi connectivity index (χ3n) is 4.52. The lowest BCUT2D eigenvalue weighted by atomic mass is 10.2. The SMILES string of the molecule is CCN(CC)S(=O)(=O)c1cc(NC(=O)COC(=O)c2cc(SC)ccc2Cl)ccc1C. The van der Waals surface area contributed by atoms with Crippen LogP contribution in [0.25, 0.3) is 0 Å². The summed E-state index contributed by atoms with van der Waals surface area (Å²) in [6.45, 7) is 5.35. The summed E-state index contributed by atoms with van der Waals surface area (Å²) in [4.78, 5) is 25.5. The van der Waals surface area contributed by atoms with Gasteiger partial charge in [-0.25, -0.2) is 13.2 Å². The number of sulfonamides is 1. The van der Waals surface area contributed by atoms with Crippen molar-refractivity contribution in [1.82, 2.24) is 4.31 Å². The number of ether oxygens (including phenoxy) is 1. The van der Waals surface area contributed by atoms with E-state index >= 15 is 0 Å². The standard InChI is InChI=1S/C21H25ClN2O5S2/c1-5-24(6-2)31(27,28)19-11-15(8-7-14(19)3)23-20(25)13-29-21(26)17-12-16(30-4)9-10-18(17)22/h7-12H,5-6,13H2,1-4H3,(H,23,25). The van der Waals surface area contributed by atoms with Crippen molar-refractivity contribution in [2.75, 3.05) is 31.3 Å². The Morgan fingerprint density at radius 2 is 1.81 bits per heavy atom. The minimum atomic E-state index is -3.68. The third-order valence-corrected chi connectivity index (χ3v) is 7.77. The van der Waals surface area contributed by atoms with Crippen LogP contribution in [0.3, 0.4) is 0 Å². The zero-order chi connectivity index (χ0) is 23.2. The van der Waals surface area contributed by atoms with Gasteiger partial charge in [0.15, 0.2) is 6.61 Å². The fourth-order valence-corrected chi connectivity index (χ4v) is 5.20. The van der Waals surface area contributed by atoms with E-state index in [-0.39, 0.29) is 15.5 Å². The molecule has 0 saturated heterocycles. The summed E-state index contributed by atoms with van der Waals surface area (Å²) in [6.07, 6.45) is 1.86. The van der Waals surface area contributed by atoms with E-state index in [9.17, 15) is 18.0 Å². The number of hydrogen-bond acceptors (Lipinski definition) is 6. The van der Waals surface area contributed by atoms with Gasteiger partial charge in [-0.1, -0.05) is 31.5 Å². The molecule has 168 valence electrons. The van der Waals surface area contributed by atoms with Gasteiger partial charge < -0.3 is 10.1 Å². The Labute approximate surface area is 192 Å². The molecule has 0 spiro atoms. The Hall–Kier alpha value is -2.07. The maximum Gasteiger partial charge on any atom is 0.340 e. The van der Waals surface area contributed by atoms with E-state index in [2.05, 4.69) is 5.32 Å². The second-order valence-corrected chi connectivity index (χ2v) is 9.73. The van der Waals surface area contributed by atoms with Gasteiger partial charge in [-0.15, -0.1) is 11.8 Å². The first kappa shape index (κ1) is 25.2. The van der Waals surface area contributed by atoms with Crippen molar-refractivity contribution in [3.8, 4) is 0 Å². The monoisotopic (exact) mass is 484 g/mol. The van der Waals surface area contributed by atoms with Crippen LogP contribution in [0, 0.1) is 6.92 Å². The summed E-state index contributed by atoms with van der Waals surface area (Å²) < 4.78 is 32.1. The van der Waals surface area contributed by atoms with E-state index in [0.29, 0.717) is 24.3 Å². The van der Waals surface area contributed by atoms with Crippen LogP contribution in [0.1, 0.15) is 29.8 Å². The molecule has 7 nitrogen and oxygen atoms in total. The summed E-state index contributed by atoms with van der Waals surface area (Å²) in [7, 11) is -3.68. The van der Waals surface area contributed by atoms with Crippen molar-refractivity contribution >= 4 is 50.9 Å². The van der Waals surface area contributed by atoms with Gasteiger partial charge in [0, 0.05) is 23.7 Å². The Kier molecular flexibility index (Phi) is 8.93. The molecule has 0 heterocycles. The number of esters is 1. The summed E-state index contributed by atoms with van der Waals surface area (Å²) in [5.41, 5.74) is 1.03. The van der Waals surface area contributed by atoms with Gasteiger partial charge in [-0.2, -0.15) is 4.31 Å². The lowest BCUT2D eigenvalue weighted by molar-refractivity contribution is -0.119. The number of nitrogens with zero attached hydrogens (tertiary/aromatic N) is 1. The molecule has 0 aliphatic rings. The van der Waals surface area contributed by atoms with Crippen molar-refractivity contribution in [1.29, 1.82) is 0 Å². The highest BCUT2D eigenvalue weighted by atomic mass is 35.5. The molecule has 2 aromatic carbocycles. The Balaban J connectivity index is 2.10. The molecule has 10 heteroatoms. The number of anilines is 1. The van der Waals surface area contributed by atoms with Gasteiger partial charge >= 0.3 is 5.97 Å². The minimum Gasteiger partial charge on any atom is -0.452 e.